The number of aromatic amines is 1. The third-order valence-electron chi connectivity index (χ3n) is 1.89. The second kappa shape index (κ2) is 4.04. The zero-order valence-corrected chi connectivity index (χ0v) is 7.74. The monoisotopic (exact) mass is 206 g/mol. The van der Waals surface area contributed by atoms with Crippen molar-refractivity contribution in [2.75, 3.05) is 0 Å². The van der Waals surface area contributed by atoms with Gasteiger partial charge in [-0.15, -0.1) is 0 Å². The van der Waals surface area contributed by atoms with Crippen molar-refractivity contribution in [2.24, 2.45) is 4.99 Å². The molecule has 0 atom stereocenters. The van der Waals surface area contributed by atoms with E-state index in [1.165, 1.54) is 24.4 Å². The van der Waals surface area contributed by atoms with Crippen molar-refractivity contribution in [2.45, 2.75) is 0 Å². The molecule has 1 N–H and O–H groups in total. The minimum Gasteiger partial charge on any atom is -0.360 e. The number of para-hydroxylation sites is 1. The van der Waals surface area contributed by atoms with Crippen LogP contribution >= 0.6 is 0 Å². The summed E-state index contributed by atoms with van der Waals surface area (Å²) in [6.07, 6.45) is 3.08. The minimum atomic E-state index is -0.669. The van der Waals surface area contributed by atoms with Crippen LogP contribution < -0.4 is 0 Å². The normalized spacial score (nSPS) is 11.1. The van der Waals surface area contributed by atoms with E-state index in [9.17, 15) is 8.78 Å². The molecule has 0 aliphatic carbocycles. The fraction of sp³-hybridized carbons (Fsp3) is 0. The molecule has 15 heavy (non-hydrogen) atoms. The largest absolute Gasteiger partial charge is 0.360 e. The first-order chi connectivity index (χ1) is 7.27. The van der Waals surface area contributed by atoms with Crippen molar-refractivity contribution >= 4 is 11.9 Å². The molecule has 0 saturated carbocycles. The molecule has 2 rings (SSSR count). The average Bonchev–Trinajstić information content (AvgIpc) is 2.70. The van der Waals surface area contributed by atoms with Crippen LogP contribution in [0.25, 0.3) is 0 Å². The summed E-state index contributed by atoms with van der Waals surface area (Å²) < 4.78 is 26.2. The molecule has 0 aliphatic heterocycles. The van der Waals surface area contributed by atoms with Gasteiger partial charge in [0.25, 0.3) is 0 Å². The highest BCUT2D eigenvalue weighted by Gasteiger charge is 2.05. The first kappa shape index (κ1) is 9.58. The van der Waals surface area contributed by atoms with E-state index in [1.54, 1.807) is 18.3 Å². The van der Waals surface area contributed by atoms with Gasteiger partial charge in [-0.2, -0.15) is 0 Å². The van der Waals surface area contributed by atoms with Gasteiger partial charge in [-0.3, -0.25) is 0 Å². The van der Waals surface area contributed by atoms with Gasteiger partial charge in [-0.1, -0.05) is 6.07 Å². The second-order valence-electron chi connectivity index (χ2n) is 2.95. The third-order valence-corrected chi connectivity index (χ3v) is 1.89. The van der Waals surface area contributed by atoms with Gasteiger partial charge in [0.2, 0.25) is 0 Å². The summed E-state index contributed by atoms with van der Waals surface area (Å²) in [5.41, 5.74) is 0.421. The Morgan fingerprint density at radius 2 is 1.80 bits per heavy atom. The first-order valence-electron chi connectivity index (χ1n) is 4.39. The number of hydrogen-bond donors (Lipinski definition) is 1. The van der Waals surface area contributed by atoms with E-state index >= 15 is 0 Å². The van der Waals surface area contributed by atoms with Crippen molar-refractivity contribution in [3.8, 4) is 0 Å². The number of benzene rings is 1. The number of hydrogen-bond acceptors (Lipinski definition) is 1. The maximum atomic E-state index is 13.1. The number of aromatic nitrogens is 1. The van der Waals surface area contributed by atoms with E-state index in [-0.39, 0.29) is 5.69 Å². The quantitative estimate of drug-likeness (QED) is 0.731. The number of nitrogens with one attached hydrogen (secondary N) is 1. The summed E-state index contributed by atoms with van der Waals surface area (Å²) >= 11 is 0. The van der Waals surface area contributed by atoms with Crippen LogP contribution in [0.4, 0.5) is 14.5 Å². The Balaban J connectivity index is 2.32. The fourth-order valence-electron chi connectivity index (χ4n) is 1.17. The maximum Gasteiger partial charge on any atom is 0.151 e. The minimum absolute atomic E-state index is 0.271. The van der Waals surface area contributed by atoms with Crippen LogP contribution in [0.15, 0.2) is 41.5 Å². The van der Waals surface area contributed by atoms with Crippen LogP contribution in [0.5, 0.6) is 0 Å². The van der Waals surface area contributed by atoms with E-state index in [0.717, 1.165) is 0 Å². The van der Waals surface area contributed by atoms with E-state index in [1.807, 2.05) is 0 Å². The van der Waals surface area contributed by atoms with Crippen LogP contribution in [0.1, 0.15) is 5.69 Å². The van der Waals surface area contributed by atoms with Crippen molar-refractivity contribution in [1.29, 1.82) is 0 Å². The molecule has 0 aliphatic rings. The van der Waals surface area contributed by atoms with Gasteiger partial charge < -0.3 is 4.98 Å². The number of halogens is 2. The molecule has 1 aromatic heterocycles. The highest BCUT2D eigenvalue weighted by Crippen LogP contribution is 2.20. The summed E-state index contributed by atoms with van der Waals surface area (Å²) in [5.74, 6) is -1.34. The fourth-order valence-corrected chi connectivity index (χ4v) is 1.17. The number of aliphatic imine (C=N–C) groups is 1. The van der Waals surface area contributed by atoms with Gasteiger partial charge in [0.15, 0.2) is 11.6 Å². The molecule has 1 heterocycles. The van der Waals surface area contributed by atoms with Gasteiger partial charge in [-0.25, -0.2) is 13.8 Å². The second-order valence-corrected chi connectivity index (χ2v) is 2.95. The smallest absolute Gasteiger partial charge is 0.151 e. The lowest BCUT2D eigenvalue weighted by atomic mass is 10.3. The maximum absolute atomic E-state index is 13.1. The Labute approximate surface area is 85.3 Å². The molecule has 0 amide bonds. The van der Waals surface area contributed by atoms with Gasteiger partial charge in [0, 0.05) is 6.20 Å². The van der Waals surface area contributed by atoms with E-state index in [4.69, 9.17) is 0 Å². The molecule has 76 valence electrons. The molecule has 0 spiro atoms. The van der Waals surface area contributed by atoms with Gasteiger partial charge in [0.1, 0.15) is 5.69 Å². The Morgan fingerprint density at radius 3 is 2.40 bits per heavy atom. The highest BCUT2D eigenvalue weighted by molar-refractivity contribution is 5.79. The molecule has 0 radical (unpaired) electrons. The molecule has 0 saturated heterocycles. The van der Waals surface area contributed by atoms with Gasteiger partial charge in [-0.05, 0) is 24.3 Å². The van der Waals surface area contributed by atoms with Crippen LogP contribution in [-0.4, -0.2) is 11.2 Å². The van der Waals surface area contributed by atoms with Crippen LogP contribution in [-0.2, 0) is 0 Å². The van der Waals surface area contributed by atoms with Crippen molar-refractivity contribution < 1.29 is 8.78 Å². The van der Waals surface area contributed by atoms with Crippen molar-refractivity contribution in [1.82, 2.24) is 4.98 Å². The molecular weight excluding hydrogens is 198 g/mol. The van der Waals surface area contributed by atoms with Crippen molar-refractivity contribution in [3.63, 3.8) is 0 Å². The lowest BCUT2D eigenvalue weighted by molar-refractivity contribution is 0.587. The van der Waals surface area contributed by atoms with Crippen molar-refractivity contribution in [3.05, 3.63) is 53.9 Å². The first-order valence-corrected chi connectivity index (χ1v) is 4.39. The van der Waals surface area contributed by atoms with Crippen LogP contribution in [0, 0.1) is 11.6 Å². The Morgan fingerprint density at radius 1 is 1.07 bits per heavy atom. The lowest BCUT2D eigenvalue weighted by Gasteiger charge is -1.96. The number of nitrogens with zero attached hydrogens (tertiary/aromatic N) is 1. The third kappa shape index (κ3) is 2.10. The SMILES string of the molecule is Fc1cccc(F)c1N=Cc1ccc[nH]1. The molecule has 4 heteroatoms. The zero-order chi connectivity index (χ0) is 10.7. The highest BCUT2D eigenvalue weighted by atomic mass is 19.1. The molecular formula is C11H8F2N2. The summed E-state index contributed by atoms with van der Waals surface area (Å²) in [6, 6.07) is 7.18. The van der Waals surface area contributed by atoms with E-state index < -0.39 is 11.6 Å². The molecule has 2 nitrogen and oxygen atoms in total. The van der Waals surface area contributed by atoms with Crippen LogP contribution in [0.3, 0.4) is 0 Å². The van der Waals surface area contributed by atoms with E-state index in [2.05, 4.69) is 9.98 Å². The molecule has 0 fully saturated rings. The average molecular weight is 206 g/mol. The van der Waals surface area contributed by atoms with Crippen LogP contribution in [0.2, 0.25) is 0 Å². The molecule has 0 unspecified atom stereocenters. The predicted octanol–water partition coefficient (Wildman–Crippen LogP) is 3.04. The Hall–Kier alpha value is -1.97. The number of rotatable bonds is 2. The number of H-pyrrole nitrogens is 1. The Kier molecular flexibility index (Phi) is 2.58. The molecule has 2 aromatic rings. The standard InChI is InChI=1S/C11H8F2N2/c12-9-4-1-5-10(13)11(9)15-7-8-3-2-6-14-8/h1-7,14H. The summed E-state index contributed by atoms with van der Waals surface area (Å²) in [4.78, 5) is 6.59. The summed E-state index contributed by atoms with van der Waals surface area (Å²) in [6.45, 7) is 0. The zero-order valence-electron chi connectivity index (χ0n) is 7.74. The Bertz CT molecular complexity index is 455. The predicted molar refractivity (Wildman–Crippen MR) is 54.4 cm³/mol. The van der Waals surface area contributed by atoms with E-state index in [0.29, 0.717) is 5.69 Å². The summed E-state index contributed by atoms with van der Waals surface area (Å²) in [5, 5.41) is 0. The summed E-state index contributed by atoms with van der Waals surface area (Å²) in [7, 11) is 0. The lowest BCUT2D eigenvalue weighted by Crippen LogP contribution is -1.84. The molecule has 0 bridgehead atoms. The van der Waals surface area contributed by atoms with Gasteiger partial charge in [0.05, 0.1) is 11.9 Å². The molecule has 1 aromatic carbocycles. The van der Waals surface area contributed by atoms with Gasteiger partial charge >= 0.3 is 0 Å². The topological polar surface area (TPSA) is 28.1 Å².